The van der Waals surface area contributed by atoms with Gasteiger partial charge in [-0.3, -0.25) is 9.20 Å². The molecule has 0 bridgehead atoms. The quantitative estimate of drug-likeness (QED) is 0.614. The third-order valence-corrected chi connectivity index (χ3v) is 4.56. The molecule has 0 saturated heterocycles. The van der Waals surface area contributed by atoms with Gasteiger partial charge in [-0.05, 0) is 0 Å². The number of hydrogen-bond acceptors (Lipinski definition) is 4. The molecule has 0 atom stereocenters. The van der Waals surface area contributed by atoms with E-state index in [1.165, 1.54) is 0 Å². The van der Waals surface area contributed by atoms with Gasteiger partial charge in [-0.2, -0.15) is 31.4 Å². The highest BCUT2D eigenvalue weighted by atomic mass is 35.5. The van der Waals surface area contributed by atoms with E-state index in [4.69, 9.17) is 11.6 Å². The van der Waals surface area contributed by atoms with Gasteiger partial charge in [0.15, 0.2) is 10.7 Å². The van der Waals surface area contributed by atoms with Crippen LogP contribution in [0.5, 0.6) is 0 Å². The van der Waals surface area contributed by atoms with Crippen molar-refractivity contribution in [2.75, 3.05) is 0 Å². The summed E-state index contributed by atoms with van der Waals surface area (Å²) in [4.78, 5) is 14.2. The molecular formula is C12H5ClF6N4OS. The Morgan fingerprint density at radius 2 is 1.84 bits per heavy atom. The largest absolute Gasteiger partial charge is 0.435 e. The van der Waals surface area contributed by atoms with Gasteiger partial charge in [0.1, 0.15) is 10.0 Å². The van der Waals surface area contributed by atoms with E-state index in [2.05, 4.69) is 10.1 Å². The number of alkyl halides is 6. The van der Waals surface area contributed by atoms with Crippen molar-refractivity contribution in [3.05, 3.63) is 50.1 Å². The minimum absolute atomic E-state index is 0.203. The van der Waals surface area contributed by atoms with Gasteiger partial charge >= 0.3 is 12.4 Å². The third-order valence-electron chi connectivity index (χ3n) is 3.12. The third kappa shape index (κ3) is 3.23. The molecule has 0 aliphatic heterocycles. The number of hydrogen-bond donors (Lipinski definition) is 0. The van der Waals surface area contributed by atoms with Crippen molar-refractivity contribution in [2.45, 2.75) is 18.9 Å². The van der Waals surface area contributed by atoms with Crippen LogP contribution in [0.25, 0.3) is 4.96 Å². The molecule has 3 aromatic rings. The summed E-state index contributed by atoms with van der Waals surface area (Å²) < 4.78 is 78.9. The highest BCUT2D eigenvalue weighted by Crippen LogP contribution is 2.38. The topological polar surface area (TPSA) is 52.2 Å². The smallest absolute Gasteiger partial charge is 0.269 e. The predicted molar refractivity (Wildman–Crippen MR) is 75.7 cm³/mol. The molecule has 0 aliphatic carbocycles. The molecule has 0 amide bonds. The van der Waals surface area contributed by atoms with Crippen LogP contribution in [0.4, 0.5) is 26.3 Å². The van der Waals surface area contributed by atoms with Crippen molar-refractivity contribution in [1.82, 2.24) is 19.2 Å². The monoisotopic (exact) mass is 402 g/mol. The zero-order valence-corrected chi connectivity index (χ0v) is 13.3. The Morgan fingerprint density at radius 1 is 1.16 bits per heavy atom. The lowest BCUT2D eigenvalue weighted by molar-refractivity contribution is -0.141. The van der Waals surface area contributed by atoms with Gasteiger partial charge in [-0.25, -0.2) is 9.67 Å². The van der Waals surface area contributed by atoms with Crippen LogP contribution in [0.15, 0.2) is 23.1 Å². The molecule has 0 unspecified atom stereocenters. The number of aromatic nitrogens is 4. The molecule has 0 saturated carbocycles. The Morgan fingerprint density at radius 3 is 2.40 bits per heavy atom. The van der Waals surface area contributed by atoms with E-state index in [1.807, 2.05) is 0 Å². The van der Waals surface area contributed by atoms with Gasteiger partial charge in [-0.15, -0.1) is 0 Å². The van der Waals surface area contributed by atoms with Gasteiger partial charge in [0, 0.05) is 18.3 Å². The highest BCUT2D eigenvalue weighted by Gasteiger charge is 2.39. The molecule has 0 spiro atoms. The van der Waals surface area contributed by atoms with Gasteiger partial charge in [0.05, 0.1) is 12.2 Å². The van der Waals surface area contributed by atoms with Crippen molar-refractivity contribution in [2.24, 2.45) is 0 Å². The molecule has 134 valence electrons. The number of halogens is 7. The van der Waals surface area contributed by atoms with Crippen LogP contribution < -0.4 is 5.56 Å². The SMILES string of the molecule is O=c1ccnc2sc(C(F)(F)F)c(Cn3nc(C(F)(F)F)cc3Cl)n12. The van der Waals surface area contributed by atoms with E-state index in [9.17, 15) is 31.1 Å². The van der Waals surface area contributed by atoms with Gasteiger partial charge in [0.25, 0.3) is 5.56 Å². The summed E-state index contributed by atoms with van der Waals surface area (Å²) >= 11 is 5.85. The zero-order chi connectivity index (χ0) is 18.6. The molecular weight excluding hydrogens is 398 g/mol. The van der Waals surface area contributed by atoms with Gasteiger partial charge in [-0.1, -0.05) is 22.9 Å². The van der Waals surface area contributed by atoms with Crippen LogP contribution in [-0.4, -0.2) is 19.2 Å². The first kappa shape index (κ1) is 17.7. The summed E-state index contributed by atoms with van der Waals surface area (Å²) in [5, 5.41) is 2.66. The Labute approximate surface area is 143 Å². The van der Waals surface area contributed by atoms with Crippen molar-refractivity contribution in [3.8, 4) is 0 Å². The lowest BCUT2D eigenvalue weighted by Gasteiger charge is -2.09. The standard InChI is InChI=1S/C12H5ClF6N4OS/c13-7-3-6(11(14,15)16)21-22(7)4-5-9(12(17,18)19)25-10-20-2-1-8(24)23(5)10/h1-3H,4H2. The summed E-state index contributed by atoms with van der Waals surface area (Å²) in [6.45, 7) is -0.782. The van der Waals surface area contributed by atoms with Crippen LogP contribution in [0.3, 0.4) is 0 Å². The van der Waals surface area contributed by atoms with Crippen LogP contribution in [-0.2, 0) is 18.9 Å². The van der Waals surface area contributed by atoms with E-state index < -0.39 is 45.9 Å². The van der Waals surface area contributed by atoms with Crippen LogP contribution in [0, 0.1) is 0 Å². The molecule has 3 aromatic heterocycles. The Balaban J connectivity index is 2.19. The number of fused-ring (bicyclic) bond motifs is 1. The second-order valence-corrected chi connectivity index (χ2v) is 6.15. The summed E-state index contributed by atoms with van der Waals surface area (Å²) in [7, 11) is 0. The molecule has 25 heavy (non-hydrogen) atoms. The van der Waals surface area contributed by atoms with Crippen molar-refractivity contribution < 1.29 is 26.3 Å². The summed E-state index contributed by atoms with van der Waals surface area (Å²) in [6, 6.07) is 1.43. The molecule has 13 heteroatoms. The van der Waals surface area contributed by atoms with Gasteiger partial charge in [0.2, 0.25) is 0 Å². The first-order valence-electron chi connectivity index (χ1n) is 6.35. The maximum atomic E-state index is 13.2. The van der Waals surface area contributed by atoms with Crippen molar-refractivity contribution >= 4 is 27.9 Å². The predicted octanol–water partition coefficient (Wildman–Crippen LogP) is 3.69. The Hall–Kier alpha value is -2.08. The molecule has 3 heterocycles. The van der Waals surface area contributed by atoms with Crippen LogP contribution in [0.2, 0.25) is 5.15 Å². The number of nitrogens with zero attached hydrogens (tertiary/aromatic N) is 4. The molecule has 5 nitrogen and oxygen atoms in total. The van der Waals surface area contributed by atoms with E-state index in [-0.39, 0.29) is 16.3 Å². The van der Waals surface area contributed by atoms with E-state index in [1.54, 1.807) is 0 Å². The molecule has 0 fully saturated rings. The summed E-state index contributed by atoms with van der Waals surface area (Å²) in [6.07, 6.45) is -8.59. The first-order chi connectivity index (χ1) is 11.5. The average molecular weight is 403 g/mol. The Kier molecular flexibility index (Phi) is 4.06. The fourth-order valence-corrected chi connectivity index (χ4v) is 3.29. The summed E-state index contributed by atoms with van der Waals surface area (Å²) in [5.41, 5.74) is -2.74. The molecule has 0 aliphatic rings. The Bertz CT molecular complexity index is 1000. The van der Waals surface area contributed by atoms with Crippen molar-refractivity contribution in [3.63, 3.8) is 0 Å². The molecule has 3 rings (SSSR count). The minimum atomic E-state index is -4.83. The fraction of sp³-hybridized carbons (Fsp3) is 0.250. The average Bonchev–Trinajstić information content (AvgIpc) is 3.01. The van der Waals surface area contributed by atoms with E-state index in [0.29, 0.717) is 15.1 Å². The highest BCUT2D eigenvalue weighted by molar-refractivity contribution is 7.17. The lowest BCUT2D eigenvalue weighted by Crippen LogP contribution is -2.19. The number of thiazole rings is 1. The summed E-state index contributed by atoms with van der Waals surface area (Å²) in [5.74, 6) is 0. The second kappa shape index (κ2) is 5.73. The van der Waals surface area contributed by atoms with Crippen LogP contribution >= 0.6 is 22.9 Å². The lowest BCUT2D eigenvalue weighted by atomic mass is 10.3. The molecule has 0 aromatic carbocycles. The first-order valence-corrected chi connectivity index (χ1v) is 7.55. The maximum Gasteiger partial charge on any atom is 0.435 e. The van der Waals surface area contributed by atoms with Crippen LogP contribution in [0.1, 0.15) is 16.3 Å². The number of rotatable bonds is 2. The maximum absolute atomic E-state index is 13.2. The van der Waals surface area contributed by atoms with Crippen molar-refractivity contribution in [1.29, 1.82) is 0 Å². The fourth-order valence-electron chi connectivity index (χ4n) is 2.11. The molecule has 0 radical (unpaired) electrons. The zero-order valence-electron chi connectivity index (χ0n) is 11.7. The van der Waals surface area contributed by atoms with Gasteiger partial charge < -0.3 is 0 Å². The molecule has 0 N–H and O–H groups in total. The second-order valence-electron chi connectivity index (χ2n) is 4.78. The minimum Gasteiger partial charge on any atom is -0.269 e. The van der Waals surface area contributed by atoms with E-state index >= 15 is 0 Å². The normalized spacial score (nSPS) is 12.9. The van der Waals surface area contributed by atoms with E-state index in [0.717, 1.165) is 12.3 Å².